The first kappa shape index (κ1) is 9.51. The van der Waals surface area contributed by atoms with Crippen LogP contribution in [0, 0.1) is 0 Å². The van der Waals surface area contributed by atoms with Gasteiger partial charge < -0.3 is 0 Å². The topological polar surface area (TPSA) is 0 Å². The quantitative estimate of drug-likeness (QED) is 0.257. The highest BCUT2D eigenvalue weighted by molar-refractivity contribution is 7.54. The molecule has 0 rings (SSSR count). The summed E-state index contributed by atoms with van der Waals surface area (Å²) in [5.41, 5.74) is 0. The van der Waals surface area contributed by atoms with Crippen LogP contribution in [0.15, 0.2) is 0 Å². The van der Waals surface area contributed by atoms with Crippen LogP contribution in [0.3, 0.4) is 0 Å². The lowest BCUT2D eigenvalue weighted by molar-refractivity contribution is 0.489. The molecule has 1 radical (unpaired) electrons. The average Bonchev–Trinajstić information content (AvgIpc) is 0.722. The molecule has 0 N–H and O–H groups in total. The van der Waals surface area contributed by atoms with E-state index in [1.165, 1.54) is 0 Å². The Morgan fingerprint density at radius 1 is 0.833 bits per heavy atom. The van der Waals surface area contributed by atoms with Crippen molar-refractivity contribution < 1.29 is 16.8 Å². The van der Waals surface area contributed by atoms with Crippen LogP contribution < -0.4 is 0 Å². The second kappa shape index (κ2) is 2.40. The first-order valence-corrected chi connectivity index (χ1v) is 2.03. The van der Waals surface area contributed by atoms with Gasteiger partial charge in [0.2, 0.25) is 0 Å². The molecule has 0 aromatic heterocycles. The molecule has 0 spiro atoms. The van der Waals surface area contributed by atoms with Crippen molar-refractivity contribution in [1.29, 1.82) is 0 Å². The SMILES string of the molecule is B.F[P](F)(F)F. The zero-order valence-corrected chi connectivity index (χ0v) is 2.85. The fourth-order valence-electron chi connectivity index (χ4n) is 0. The number of rotatable bonds is 0. The second-order valence-corrected chi connectivity index (χ2v) is 1.15. The summed E-state index contributed by atoms with van der Waals surface area (Å²) in [4.78, 5) is 0. The maximum absolute atomic E-state index is 9.80. The minimum Gasteiger partial charge on any atom is -0.134 e. The van der Waals surface area contributed by atoms with E-state index in [1.807, 2.05) is 0 Å². The minimum absolute atomic E-state index is 0. The molecule has 0 atom stereocenters. The van der Waals surface area contributed by atoms with Crippen molar-refractivity contribution >= 4 is 16.9 Å². The molecule has 6 heavy (non-hydrogen) atoms. The Morgan fingerprint density at radius 3 is 0.833 bits per heavy atom. The fraction of sp³-hybridized carbons (Fsp3) is 0. The van der Waals surface area contributed by atoms with E-state index in [-0.39, 0.29) is 8.41 Å². The van der Waals surface area contributed by atoms with Crippen molar-refractivity contribution in [2.75, 3.05) is 0 Å². The van der Waals surface area contributed by atoms with Gasteiger partial charge >= 0.3 is 8.51 Å². The van der Waals surface area contributed by atoms with Crippen LogP contribution in [-0.2, 0) is 0 Å². The van der Waals surface area contributed by atoms with Gasteiger partial charge in [0.05, 0.1) is 8.41 Å². The Kier molecular flexibility index (Phi) is 3.80. The number of hydrogen-bond donors (Lipinski definition) is 0. The molecule has 0 aromatic carbocycles. The normalized spacial score (nSPS) is 10.0. The minimum atomic E-state index is -6.39. The van der Waals surface area contributed by atoms with Crippen LogP contribution in [-0.4, -0.2) is 8.41 Å². The van der Waals surface area contributed by atoms with Crippen LogP contribution in [0.2, 0.25) is 0 Å². The standard InChI is InChI=1S/BH3.F4P/c;1-5(2,3)4/h1H3;. The van der Waals surface area contributed by atoms with E-state index in [0.717, 1.165) is 0 Å². The van der Waals surface area contributed by atoms with Gasteiger partial charge in [-0.05, 0) is 0 Å². The number of halogens is 4. The summed E-state index contributed by atoms with van der Waals surface area (Å²) >= 11 is 0. The molecular formula is H3BF4P. The molecular weight excluding hydrogens is 118 g/mol. The van der Waals surface area contributed by atoms with Crippen molar-refractivity contribution in [2.45, 2.75) is 0 Å². The molecule has 0 aliphatic heterocycles. The summed E-state index contributed by atoms with van der Waals surface area (Å²) in [6, 6.07) is 0. The van der Waals surface area contributed by atoms with E-state index in [9.17, 15) is 16.8 Å². The second-order valence-electron chi connectivity index (χ2n) is 0.383. The van der Waals surface area contributed by atoms with Crippen molar-refractivity contribution in [3.8, 4) is 0 Å². The Labute approximate surface area is 34.9 Å². The van der Waals surface area contributed by atoms with Gasteiger partial charge in [-0.1, -0.05) is 0 Å². The van der Waals surface area contributed by atoms with Crippen LogP contribution in [0.4, 0.5) is 16.8 Å². The highest BCUT2D eigenvalue weighted by Crippen LogP contribution is 2.65. The van der Waals surface area contributed by atoms with E-state index < -0.39 is 8.51 Å². The van der Waals surface area contributed by atoms with Crippen LogP contribution in [0.1, 0.15) is 0 Å². The molecule has 0 aliphatic rings. The van der Waals surface area contributed by atoms with Gasteiger partial charge in [-0.3, -0.25) is 0 Å². The molecule has 0 nitrogen and oxygen atoms in total. The Balaban J connectivity index is 0. The van der Waals surface area contributed by atoms with Gasteiger partial charge in [0.1, 0.15) is 0 Å². The van der Waals surface area contributed by atoms with Crippen molar-refractivity contribution in [3.05, 3.63) is 0 Å². The molecule has 0 aromatic rings. The highest BCUT2D eigenvalue weighted by atomic mass is 31.3. The summed E-state index contributed by atoms with van der Waals surface area (Å²) in [6.07, 6.45) is 0. The number of hydrogen-bond acceptors (Lipinski definition) is 0. The third kappa shape index (κ3) is 943. The fourth-order valence-corrected chi connectivity index (χ4v) is 0. The molecule has 0 heterocycles. The van der Waals surface area contributed by atoms with E-state index in [0.29, 0.717) is 0 Å². The van der Waals surface area contributed by atoms with Gasteiger partial charge in [-0.2, -0.15) is 0 Å². The monoisotopic (exact) mass is 121 g/mol. The predicted octanol–water partition coefficient (Wildman–Crippen LogP) is 1.36. The summed E-state index contributed by atoms with van der Waals surface area (Å²) in [5.74, 6) is 0. The van der Waals surface area contributed by atoms with Gasteiger partial charge in [0.25, 0.3) is 0 Å². The van der Waals surface area contributed by atoms with E-state index in [1.54, 1.807) is 0 Å². The molecule has 0 amide bonds. The molecule has 0 unspecified atom stereocenters. The smallest absolute Gasteiger partial charge is 0.134 e. The molecule has 39 valence electrons. The van der Waals surface area contributed by atoms with Crippen LogP contribution >= 0.6 is 8.51 Å². The predicted molar refractivity (Wildman–Crippen MR) is 21.3 cm³/mol. The lowest BCUT2D eigenvalue weighted by Crippen LogP contribution is -1.37. The van der Waals surface area contributed by atoms with Crippen LogP contribution in [0.25, 0.3) is 0 Å². The average molecular weight is 121 g/mol. The van der Waals surface area contributed by atoms with Gasteiger partial charge in [0, 0.05) is 0 Å². The summed E-state index contributed by atoms with van der Waals surface area (Å²) in [5, 5.41) is 0. The molecule has 6 heteroatoms. The lowest BCUT2D eigenvalue weighted by Gasteiger charge is -1.82. The zero-order valence-electron chi connectivity index (χ0n) is 1.96. The third-order valence-corrected chi connectivity index (χ3v) is 0. The van der Waals surface area contributed by atoms with E-state index >= 15 is 0 Å². The maximum Gasteiger partial charge on any atom is 0.537 e. The largest absolute Gasteiger partial charge is 0.537 e. The highest BCUT2D eigenvalue weighted by Gasteiger charge is 2.23. The molecule has 0 saturated heterocycles. The Bertz CT molecular complexity index is 23.0. The molecule has 0 aliphatic carbocycles. The van der Waals surface area contributed by atoms with Crippen molar-refractivity contribution in [2.24, 2.45) is 0 Å². The third-order valence-electron chi connectivity index (χ3n) is 0. The van der Waals surface area contributed by atoms with E-state index in [4.69, 9.17) is 0 Å². The summed E-state index contributed by atoms with van der Waals surface area (Å²) in [6.45, 7) is 0. The van der Waals surface area contributed by atoms with Gasteiger partial charge in [-0.25, -0.2) is 0 Å². The summed E-state index contributed by atoms with van der Waals surface area (Å²) < 4.78 is 39.2. The zero-order chi connectivity index (χ0) is 4.50. The Hall–Kier alpha value is 0.215. The molecule has 0 fully saturated rings. The van der Waals surface area contributed by atoms with Crippen LogP contribution in [0.5, 0.6) is 0 Å². The first-order valence-electron chi connectivity index (χ1n) is 0.676. The lowest BCUT2D eigenvalue weighted by atomic mass is 10.8. The summed E-state index contributed by atoms with van der Waals surface area (Å²) in [7, 11) is -6.39. The van der Waals surface area contributed by atoms with Gasteiger partial charge in [-0.15, -0.1) is 16.8 Å². The first-order chi connectivity index (χ1) is 2.00. The van der Waals surface area contributed by atoms with Crippen molar-refractivity contribution in [3.63, 3.8) is 0 Å². The van der Waals surface area contributed by atoms with E-state index in [2.05, 4.69) is 0 Å². The molecule has 0 bridgehead atoms. The molecule has 0 saturated carbocycles. The van der Waals surface area contributed by atoms with Crippen molar-refractivity contribution in [1.82, 2.24) is 0 Å². The van der Waals surface area contributed by atoms with Gasteiger partial charge in [0.15, 0.2) is 0 Å². The maximum atomic E-state index is 9.80. The Morgan fingerprint density at radius 2 is 0.833 bits per heavy atom.